The number of hydrogen-bond donors (Lipinski definition) is 2. The Bertz CT molecular complexity index is 1270. The standard InChI is InChI=1S/C19H14ClF2N5O3/c1-9-16(30-13-4-10(8-23)3-12(20)7-13)18(29)25-15(24-9)6-11-5-14(19(2,21)22)26-27-17(11)28/h3-5,7H,6H2,1-2H3,(H,27,28)(H,24,25,29). The second-order valence-electron chi connectivity index (χ2n) is 6.49. The molecule has 11 heteroatoms. The van der Waals surface area contributed by atoms with Crippen LogP contribution in [0, 0.1) is 18.3 Å². The predicted octanol–water partition coefficient (Wildman–Crippen LogP) is 3.18. The highest BCUT2D eigenvalue weighted by molar-refractivity contribution is 6.30. The van der Waals surface area contributed by atoms with Crippen molar-refractivity contribution in [3.05, 3.63) is 78.3 Å². The first kappa shape index (κ1) is 21.1. The molecule has 0 saturated carbocycles. The minimum absolute atomic E-state index is 0.0359. The first-order valence-electron chi connectivity index (χ1n) is 8.52. The summed E-state index contributed by atoms with van der Waals surface area (Å²) in [6, 6.07) is 7.16. The quantitative estimate of drug-likeness (QED) is 0.636. The molecule has 2 heterocycles. The maximum absolute atomic E-state index is 13.5. The number of alkyl halides is 2. The van der Waals surface area contributed by atoms with E-state index < -0.39 is 22.7 Å². The molecule has 30 heavy (non-hydrogen) atoms. The highest BCUT2D eigenvalue weighted by Crippen LogP contribution is 2.26. The Kier molecular flexibility index (Phi) is 5.67. The SMILES string of the molecule is Cc1nc(Cc2cc(C(C)(F)F)n[nH]c2=O)[nH]c(=O)c1Oc1cc(Cl)cc(C#N)c1. The lowest BCUT2D eigenvalue weighted by Gasteiger charge is -2.11. The van der Waals surface area contributed by atoms with Crippen molar-refractivity contribution < 1.29 is 13.5 Å². The van der Waals surface area contributed by atoms with Gasteiger partial charge in [-0.05, 0) is 31.2 Å². The van der Waals surface area contributed by atoms with E-state index in [0.717, 1.165) is 6.07 Å². The lowest BCUT2D eigenvalue weighted by molar-refractivity contribution is 0.0116. The van der Waals surface area contributed by atoms with Crippen molar-refractivity contribution in [2.75, 3.05) is 0 Å². The molecule has 0 spiro atoms. The number of nitrogens with one attached hydrogen (secondary N) is 2. The first-order chi connectivity index (χ1) is 14.1. The van der Waals surface area contributed by atoms with Gasteiger partial charge >= 0.3 is 0 Å². The maximum atomic E-state index is 13.5. The number of aromatic nitrogens is 4. The van der Waals surface area contributed by atoms with Crippen LogP contribution in [-0.4, -0.2) is 20.2 Å². The number of nitrogens with zero attached hydrogens (tertiary/aromatic N) is 3. The van der Waals surface area contributed by atoms with E-state index in [-0.39, 0.29) is 45.6 Å². The first-order valence-corrected chi connectivity index (χ1v) is 8.90. The number of nitriles is 1. The minimum Gasteiger partial charge on any atom is -0.450 e. The van der Waals surface area contributed by atoms with E-state index in [0.29, 0.717) is 6.92 Å². The fourth-order valence-corrected chi connectivity index (χ4v) is 2.85. The molecule has 0 bridgehead atoms. The van der Waals surface area contributed by atoms with Crippen LogP contribution in [0.25, 0.3) is 0 Å². The van der Waals surface area contributed by atoms with Gasteiger partial charge in [0, 0.05) is 23.9 Å². The van der Waals surface area contributed by atoms with Crippen LogP contribution in [0.1, 0.15) is 35.3 Å². The summed E-state index contributed by atoms with van der Waals surface area (Å²) in [5.74, 6) is -3.13. The zero-order valence-corrected chi connectivity index (χ0v) is 16.5. The van der Waals surface area contributed by atoms with Gasteiger partial charge in [-0.2, -0.15) is 19.1 Å². The summed E-state index contributed by atoms with van der Waals surface area (Å²) in [7, 11) is 0. The highest BCUT2D eigenvalue weighted by atomic mass is 35.5. The van der Waals surface area contributed by atoms with Gasteiger partial charge < -0.3 is 9.72 Å². The molecule has 3 rings (SSSR count). The van der Waals surface area contributed by atoms with Crippen LogP contribution in [-0.2, 0) is 12.3 Å². The van der Waals surface area contributed by atoms with Gasteiger partial charge in [0.25, 0.3) is 17.0 Å². The highest BCUT2D eigenvalue weighted by Gasteiger charge is 2.27. The molecule has 154 valence electrons. The van der Waals surface area contributed by atoms with Crippen LogP contribution in [0.4, 0.5) is 8.78 Å². The number of ether oxygens (including phenoxy) is 1. The van der Waals surface area contributed by atoms with Gasteiger partial charge in [0.15, 0.2) is 0 Å². The lowest BCUT2D eigenvalue weighted by Crippen LogP contribution is -2.22. The molecular formula is C19H14ClF2N5O3. The van der Waals surface area contributed by atoms with Crippen molar-refractivity contribution in [1.82, 2.24) is 20.2 Å². The number of halogens is 3. The molecule has 0 aliphatic carbocycles. The van der Waals surface area contributed by atoms with Crippen LogP contribution in [0.15, 0.2) is 33.9 Å². The van der Waals surface area contributed by atoms with Gasteiger partial charge in [0.1, 0.15) is 17.3 Å². The summed E-state index contributed by atoms with van der Waals surface area (Å²) in [6.07, 6.45) is -0.201. The molecular weight excluding hydrogens is 420 g/mol. The van der Waals surface area contributed by atoms with Crippen LogP contribution in [0.2, 0.25) is 5.02 Å². The summed E-state index contributed by atoms with van der Waals surface area (Å²) in [5, 5.41) is 14.6. The average Bonchev–Trinajstić information content (AvgIpc) is 2.65. The Balaban J connectivity index is 1.93. The Morgan fingerprint density at radius 1 is 1.23 bits per heavy atom. The summed E-state index contributed by atoms with van der Waals surface area (Å²) in [5.41, 5.74) is -1.53. The van der Waals surface area contributed by atoms with Crippen molar-refractivity contribution in [1.29, 1.82) is 5.26 Å². The number of rotatable bonds is 5. The van der Waals surface area contributed by atoms with E-state index >= 15 is 0 Å². The fraction of sp³-hybridized carbons (Fsp3) is 0.211. The zero-order valence-electron chi connectivity index (χ0n) is 15.7. The maximum Gasteiger partial charge on any atom is 0.294 e. The summed E-state index contributed by atoms with van der Waals surface area (Å²) >= 11 is 5.93. The van der Waals surface area contributed by atoms with Gasteiger partial charge in [-0.25, -0.2) is 10.1 Å². The number of hydrogen-bond acceptors (Lipinski definition) is 6. The van der Waals surface area contributed by atoms with E-state index in [1.165, 1.54) is 25.1 Å². The van der Waals surface area contributed by atoms with E-state index in [9.17, 15) is 18.4 Å². The fourth-order valence-electron chi connectivity index (χ4n) is 2.62. The van der Waals surface area contributed by atoms with Gasteiger partial charge in [-0.1, -0.05) is 11.6 Å². The molecule has 2 aromatic heterocycles. The number of aromatic amines is 2. The van der Waals surface area contributed by atoms with Crippen LogP contribution in [0.5, 0.6) is 11.5 Å². The third-order valence-electron chi connectivity index (χ3n) is 4.00. The largest absolute Gasteiger partial charge is 0.450 e. The Morgan fingerprint density at radius 3 is 2.60 bits per heavy atom. The average molecular weight is 434 g/mol. The monoisotopic (exact) mass is 433 g/mol. The van der Waals surface area contributed by atoms with Crippen LogP contribution >= 0.6 is 11.6 Å². The predicted molar refractivity (Wildman–Crippen MR) is 103 cm³/mol. The molecule has 0 unspecified atom stereocenters. The second-order valence-corrected chi connectivity index (χ2v) is 6.93. The molecule has 0 radical (unpaired) electrons. The van der Waals surface area contributed by atoms with Gasteiger partial charge in [0.2, 0.25) is 5.75 Å². The molecule has 0 fully saturated rings. The molecule has 3 aromatic rings. The van der Waals surface area contributed by atoms with E-state index in [1.807, 2.05) is 11.2 Å². The summed E-state index contributed by atoms with van der Waals surface area (Å²) in [4.78, 5) is 31.0. The smallest absolute Gasteiger partial charge is 0.294 e. The number of benzene rings is 1. The topological polar surface area (TPSA) is 125 Å². The van der Waals surface area contributed by atoms with Crippen molar-refractivity contribution in [3.63, 3.8) is 0 Å². The zero-order chi connectivity index (χ0) is 22.1. The van der Waals surface area contributed by atoms with E-state index in [1.54, 1.807) is 0 Å². The van der Waals surface area contributed by atoms with Crippen LogP contribution in [0.3, 0.4) is 0 Å². The second kappa shape index (κ2) is 8.04. The Labute approximate surface area is 173 Å². The lowest BCUT2D eigenvalue weighted by atomic mass is 10.1. The molecule has 0 amide bonds. The molecule has 0 saturated heterocycles. The van der Waals surface area contributed by atoms with Gasteiger partial charge in [-0.3, -0.25) is 9.59 Å². The van der Waals surface area contributed by atoms with E-state index in [2.05, 4.69) is 15.1 Å². The van der Waals surface area contributed by atoms with Crippen LogP contribution < -0.4 is 15.9 Å². The molecule has 1 aromatic carbocycles. The summed E-state index contributed by atoms with van der Waals surface area (Å²) < 4.78 is 32.5. The summed E-state index contributed by atoms with van der Waals surface area (Å²) in [6.45, 7) is 2.16. The Morgan fingerprint density at radius 2 is 1.97 bits per heavy atom. The minimum atomic E-state index is -3.24. The van der Waals surface area contributed by atoms with Crippen molar-refractivity contribution in [2.24, 2.45) is 0 Å². The van der Waals surface area contributed by atoms with Crippen molar-refractivity contribution in [2.45, 2.75) is 26.2 Å². The number of H-pyrrole nitrogens is 2. The molecule has 2 N–H and O–H groups in total. The number of aryl methyl sites for hydroxylation is 1. The van der Waals surface area contributed by atoms with Gasteiger partial charge in [-0.15, -0.1) is 0 Å². The normalized spacial score (nSPS) is 11.2. The third kappa shape index (κ3) is 4.69. The van der Waals surface area contributed by atoms with Gasteiger partial charge in [0.05, 0.1) is 17.3 Å². The Hall–Kier alpha value is -3.58. The molecule has 0 atom stereocenters. The third-order valence-corrected chi connectivity index (χ3v) is 4.22. The van der Waals surface area contributed by atoms with Crippen molar-refractivity contribution >= 4 is 11.6 Å². The molecule has 0 aliphatic heterocycles. The molecule has 0 aliphatic rings. The van der Waals surface area contributed by atoms with Crippen molar-refractivity contribution in [3.8, 4) is 17.6 Å². The van der Waals surface area contributed by atoms with E-state index in [4.69, 9.17) is 21.6 Å². The molecule has 8 nitrogen and oxygen atoms in total.